The van der Waals surface area contributed by atoms with Crippen LogP contribution in [0.1, 0.15) is 27.0 Å². The molecule has 1 heterocycles. The number of sulfonamides is 1. The minimum atomic E-state index is -4.33. The van der Waals surface area contributed by atoms with Crippen LogP contribution in [0.25, 0.3) is 0 Å². The summed E-state index contributed by atoms with van der Waals surface area (Å²) >= 11 is 6.22. The lowest BCUT2D eigenvalue weighted by atomic mass is 10.1. The van der Waals surface area contributed by atoms with E-state index in [-0.39, 0.29) is 44.6 Å². The number of fused-ring (bicyclic) bond motifs is 1. The van der Waals surface area contributed by atoms with Crippen molar-refractivity contribution < 1.29 is 22.9 Å². The van der Waals surface area contributed by atoms with Crippen molar-refractivity contribution in [1.29, 1.82) is 5.26 Å². The van der Waals surface area contributed by atoms with Gasteiger partial charge in [-0.25, -0.2) is 13.2 Å². The van der Waals surface area contributed by atoms with Crippen molar-refractivity contribution in [3.63, 3.8) is 0 Å². The van der Waals surface area contributed by atoms with Crippen molar-refractivity contribution in [2.45, 2.75) is 18.0 Å². The molecule has 0 saturated carbocycles. The van der Waals surface area contributed by atoms with Gasteiger partial charge in [-0.1, -0.05) is 29.8 Å². The van der Waals surface area contributed by atoms with Crippen molar-refractivity contribution in [3.8, 4) is 6.07 Å². The minimum absolute atomic E-state index is 0.00995. The van der Waals surface area contributed by atoms with Gasteiger partial charge in [0.2, 0.25) is 0 Å². The van der Waals surface area contributed by atoms with Crippen molar-refractivity contribution in [3.05, 3.63) is 98.1 Å². The highest BCUT2D eigenvalue weighted by molar-refractivity contribution is 7.92. The maximum absolute atomic E-state index is 13.7. The average Bonchev–Trinajstić information content (AvgIpc) is 3.18. The first-order chi connectivity index (χ1) is 15.7. The average molecular weight is 484 g/mol. The van der Waals surface area contributed by atoms with E-state index in [2.05, 4.69) is 0 Å². The lowest BCUT2D eigenvalue weighted by Crippen LogP contribution is -2.31. The van der Waals surface area contributed by atoms with E-state index in [0.29, 0.717) is 5.56 Å². The quantitative estimate of drug-likeness (QED) is 0.292. The van der Waals surface area contributed by atoms with Gasteiger partial charge in [0.1, 0.15) is 6.61 Å². The fourth-order valence-electron chi connectivity index (χ4n) is 3.44. The lowest BCUT2D eigenvalue weighted by Gasteiger charge is -2.25. The Hall–Kier alpha value is -3.94. The second-order valence-corrected chi connectivity index (χ2v) is 9.33. The normalized spacial score (nSPS) is 12.5. The number of nitrogens with zero attached hydrogens (tertiary/aromatic N) is 3. The fourth-order valence-corrected chi connectivity index (χ4v) is 5.14. The van der Waals surface area contributed by atoms with Gasteiger partial charge in [0, 0.05) is 11.6 Å². The summed E-state index contributed by atoms with van der Waals surface area (Å²) in [5.41, 5.74) is 0.631. The maximum Gasteiger partial charge on any atom is 0.338 e. The van der Waals surface area contributed by atoms with E-state index >= 15 is 0 Å². The largest absolute Gasteiger partial charge is 0.457 e. The van der Waals surface area contributed by atoms with Crippen LogP contribution in [-0.4, -0.2) is 19.3 Å². The first kappa shape index (κ1) is 22.3. The Morgan fingerprint density at radius 1 is 1.15 bits per heavy atom. The van der Waals surface area contributed by atoms with Gasteiger partial charge in [-0.15, -0.1) is 0 Å². The predicted octanol–water partition coefficient (Wildman–Crippen LogP) is 4.19. The monoisotopic (exact) mass is 483 g/mol. The second-order valence-electron chi connectivity index (χ2n) is 7.06. The smallest absolute Gasteiger partial charge is 0.338 e. The molecule has 0 bridgehead atoms. The minimum Gasteiger partial charge on any atom is -0.457 e. The number of cyclic esters (lactones) is 1. The number of ether oxygens (including phenoxy) is 1. The molecule has 33 heavy (non-hydrogen) atoms. The van der Waals surface area contributed by atoms with Crippen LogP contribution in [0.15, 0.2) is 65.6 Å². The zero-order valence-corrected chi connectivity index (χ0v) is 18.3. The van der Waals surface area contributed by atoms with E-state index in [1.807, 2.05) is 6.07 Å². The molecule has 4 rings (SSSR count). The predicted molar refractivity (Wildman–Crippen MR) is 118 cm³/mol. The summed E-state index contributed by atoms with van der Waals surface area (Å²) in [6.45, 7) is -0.412. The molecule has 3 aromatic rings. The molecule has 9 nitrogen and oxygen atoms in total. The maximum atomic E-state index is 13.7. The van der Waals surface area contributed by atoms with Crippen LogP contribution in [0.2, 0.25) is 5.02 Å². The summed E-state index contributed by atoms with van der Waals surface area (Å²) in [4.78, 5) is 22.8. The number of benzene rings is 3. The molecule has 3 aromatic carbocycles. The van der Waals surface area contributed by atoms with Gasteiger partial charge in [0.15, 0.2) is 0 Å². The first-order valence-corrected chi connectivity index (χ1v) is 11.3. The number of nitro groups is 1. The Kier molecular flexibility index (Phi) is 5.76. The van der Waals surface area contributed by atoms with Crippen molar-refractivity contribution in [2.24, 2.45) is 0 Å². The van der Waals surface area contributed by atoms with Gasteiger partial charge < -0.3 is 4.74 Å². The molecule has 0 unspecified atom stereocenters. The van der Waals surface area contributed by atoms with Gasteiger partial charge in [0.25, 0.3) is 15.7 Å². The van der Waals surface area contributed by atoms with Gasteiger partial charge in [-0.2, -0.15) is 5.26 Å². The van der Waals surface area contributed by atoms with Crippen molar-refractivity contribution >= 4 is 39.0 Å². The summed E-state index contributed by atoms with van der Waals surface area (Å²) in [6, 6.07) is 15.7. The van der Waals surface area contributed by atoms with Gasteiger partial charge in [-0.3, -0.25) is 14.4 Å². The molecule has 0 radical (unpaired) electrons. The second kappa shape index (κ2) is 8.54. The molecule has 0 spiro atoms. The van der Waals surface area contributed by atoms with Gasteiger partial charge in [0.05, 0.1) is 49.8 Å². The SMILES string of the molecule is N#Cc1cccc(S(=O)(=O)N(Cc2c(Cl)cccc2[N+](=O)[O-])c2ccc3c(c2)C(=O)OC3)c1. The van der Waals surface area contributed by atoms with Crippen LogP contribution in [0.3, 0.4) is 0 Å². The molecule has 166 valence electrons. The fraction of sp³-hybridized carbons (Fsp3) is 0.0909. The van der Waals surface area contributed by atoms with Crippen LogP contribution in [0, 0.1) is 21.4 Å². The molecule has 1 aliphatic rings. The van der Waals surface area contributed by atoms with Gasteiger partial charge in [-0.05, 0) is 36.4 Å². The summed E-state index contributed by atoms with van der Waals surface area (Å²) in [5, 5.41) is 20.8. The van der Waals surface area contributed by atoms with E-state index in [4.69, 9.17) is 16.3 Å². The van der Waals surface area contributed by atoms with Crippen LogP contribution in [0.4, 0.5) is 11.4 Å². The zero-order chi connectivity index (χ0) is 23.8. The molecule has 0 fully saturated rings. The van der Waals surface area contributed by atoms with Crippen LogP contribution in [0.5, 0.6) is 0 Å². The molecule has 0 aromatic heterocycles. The van der Waals surface area contributed by atoms with Crippen LogP contribution in [-0.2, 0) is 27.9 Å². The van der Waals surface area contributed by atoms with E-state index in [9.17, 15) is 28.6 Å². The number of halogens is 1. The Labute approximate surface area is 193 Å². The third-order valence-electron chi connectivity index (χ3n) is 5.10. The number of nitro benzene ring substituents is 1. The summed E-state index contributed by atoms with van der Waals surface area (Å²) in [5.74, 6) is -0.598. The number of carbonyl (C=O) groups excluding carboxylic acids is 1. The number of carbonyl (C=O) groups is 1. The molecule has 0 amide bonds. The van der Waals surface area contributed by atoms with Gasteiger partial charge >= 0.3 is 5.97 Å². The summed E-state index contributed by atoms with van der Waals surface area (Å²) < 4.78 is 33.2. The molecule has 0 atom stereocenters. The lowest BCUT2D eigenvalue weighted by molar-refractivity contribution is -0.385. The van der Waals surface area contributed by atoms with Crippen molar-refractivity contribution in [1.82, 2.24) is 0 Å². The van der Waals surface area contributed by atoms with Crippen LogP contribution >= 0.6 is 11.6 Å². The van der Waals surface area contributed by atoms with E-state index < -0.39 is 27.5 Å². The number of hydrogen-bond donors (Lipinski definition) is 0. The molecular weight excluding hydrogens is 470 g/mol. The topological polar surface area (TPSA) is 131 Å². The molecule has 0 N–H and O–H groups in total. The van der Waals surface area contributed by atoms with E-state index in [0.717, 1.165) is 4.31 Å². The number of rotatable bonds is 6. The molecule has 11 heteroatoms. The number of anilines is 1. The number of nitriles is 1. The summed E-state index contributed by atoms with van der Waals surface area (Å²) in [6.07, 6.45) is 0. The molecular formula is C22H14ClN3O6S. The molecule has 0 saturated heterocycles. The highest BCUT2D eigenvalue weighted by atomic mass is 35.5. The Morgan fingerprint density at radius 2 is 1.91 bits per heavy atom. The third-order valence-corrected chi connectivity index (χ3v) is 7.23. The Morgan fingerprint density at radius 3 is 2.64 bits per heavy atom. The van der Waals surface area contributed by atoms with E-state index in [1.165, 1.54) is 54.6 Å². The summed E-state index contributed by atoms with van der Waals surface area (Å²) in [7, 11) is -4.33. The number of hydrogen-bond acceptors (Lipinski definition) is 7. The highest BCUT2D eigenvalue weighted by Crippen LogP contribution is 2.34. The standard InChI is InChI=1S/C22H14ClN3O6S/c23-20-5-2-6-21(26(28)29)19(20)12-25(16-8-7-15-13-32-22(27)18(15)10-16)33(30,31)17-4-1-3-14(9-17)11-24/h1-10H,12-13H2. The van der Waals surface area contributed by atoms with E-state index in [1.54, 1.807) is 6.07 Å². The first-order valence-electron chi connectivity index (χ1n) is 9.47. The Balaban J connectivity index is 1.91. The molecule has 0 aliphatic carbocycles. The Bertz CT molecular complexity index is 1450. The number of esters is 1. The molecule has 1 aliphatic heterocycles. The highest BCUT2D eigenvalue weighted by Gasteiger charge is 2.31. The van der Waals surface area contributed by atoms with Crippen LogP contribution < -0.4 is 4.31 Å². The zero-order valence-electron chi connectivity index (χ0n) is 16.8. The third kappa shape index (κ3) is 4.11. The van der Waals surface area contributed by atoms with Crippen molar-refractivity contribution in [2.75, 3.05) is 4.31 Å².